The molecule has 2 aromatic rings. The summed E-state index contributed by atoms with van der Waals surface area (Å²) in [4.78, 5) is 0. The Morgan fingerprint density at radius 1 is 0.812 bits per heavy atom. The van der Waals surface area contributed by atoms with Gasteiger partial charge in [-0.15, -0.1) is 0 Å². The van der Waals surface area contributed by atoms with Crippen molar-refractivity contribution in [3.8, 4) is 16.9 Å². The fourth-order valence-corrected chi connectivity index (χ4v) is 1.75. The first kappa shape index (κ1) is 11.5. The smallest absolute Gasteiger partial charge is 0.119 e. The van der Waals surface area contributed by atoms with Crippen LogP contribution in [0.25, 0.3) is 11.1 Å². The van der Waals surface area contributed by atoms with Crippen LogP contribution in [0.4, 0.5) is 0 Å². The molecule has 16 heavy (non-hydrogen) atoms. The van der Waals surface area contributed by atoms with E-state index in [2.05, 4.69) is 59.0 Å². The molecule has 0 unspecified atom stereocenters. The highest BCUT2D eigenvalue weighted by atomic mass is 127. The molecule has 0 fully saturated rings. The van der Waals surface area contributed by atoms with Gasteiger partial charge in [0.05, 0.1) is 6.61 Å². The highest BCUT2D eigenvalue weighted by Crippen LogP contribution is 2.21. The van der Waals surface area contributed by atoms with Crippen LogP contribution in [-0.2, 0) is 0 Å². The molecule has 2 aromatic carbocycles. The lowest BCUT2D eigenvalue weighted by Crippen LogP contribution is -1.96. The fraction of sp³-hybridized carbons (Fsp3) is 0.143. The highest BCUT2D eigenvalue weighted by Gasteiger charge is 1.97. The van der Waals surface area contributed by atoms with E-state index in [9.17, 15) is 0 Å². The van der Waals surface area contributed by atoms with Crippen molar-refractivity contribution in [3.63, 3.8) is 0 Å². The van der Waals surface area contributed by atoms with Gasteiger partial charge in [-0.2, -0.15) is 0 Å². The van der Waals surface area contributed by atoms with Gasteiger partial charge in [-0.1, -0.05) is 65.1 Å². The molecule has 0 aliphatic rings. The molecule has 2 heteroatoms. The van der Waals surface area contributed by atoms with Gasteiger partial charge in [0.15, 0.2) is 0 Å². The second-order valence-electron chi connectivity index (χ2n) is 3.43. The van der Waals surface area contributed by atoms with Crippen LogP contribution in [0.2, 0.25) is 0 Å². The highest BCUT2D eigenvalue weighted by molar-refractivity contribution is 14.1. The van der Waals surface area contributed by atoms with Gasteiger partial charge in [-0.3, -0.25) is 0 Å². The van der Waals surface area contributed by atoms with Crippen molar-refractivity contribution >= 4 is 22.6 Å². The van der Waals surface area contributed by atoms with Crippen LogP contribution < -0.4 is 4.74 Å². The molecule has 0 radical (unpaired) electrons. The molecule has 0 N–H and O–H groups in total. The summed E-state index contributed by atoms with van der Waals surface area (Å²) in [6, 6.07) is 18.6. The maximum Gasteiger partial charge on any atom is 0.119 e. The predicted octanol–water partition coefficient (Wildman–Crippen LogP) is 4.17. The van der Waals surface area contributed by atoms with E-state index < -0.39 is 0 Å². The first-order valence-corrected chi connectivity index (χ1v) is 6.77. The minimum absolute atomic E-state index is 0.769. The number of hydrogen-bond donors (Lipinski definition) is 0. The van der Waals surface area contributed by atoms with Crippen LogP contribution in [0.15, 0.2) is 54.6 Å². The summed E-state index contributed by atoms with van der Waals surface area (Å²) in [6.45, 7) is 0.769. The van der Waals surface area contributed by atoms with Crippen molar-refractivity contribution in [2.75, 3.05) is 11.0 Å². The minimum Gasteiger partial charge on any atom is -0.493 e. The minimum atomic E-state index is 0.769. The number of ether oxygens (including phenoxy) is 1. The summed E-state index contributed by atoms with van der Waals surface area (Å²) in [5, 5.41) is 0. The van der Waals surface area contributed by atoms with Crippen LogP contribution in [-0.4, -0.2) is 11.0 Å². The Balaban J connectivity index is 2.13. The molecule has 0 atom stereocenters. The van der Waals surface area contributed by atoms with Crippen molar-refractivity contribution in [1.29, 1.82) is 0 Å². The molecule has 1 nitrogen and oxygen atoms in total. The molecular weight excluding hydrogens is 311 g/mol. The molecule has 0 saturated carbocycles. The number of alkyl halides is 1. The van der Waals surface area contributed by atoms with Crippen LogP contribution in [0.3, 0.4) is 0 Å². The van der Waals surface area contributed by atoms with E-state index >= 15 is 0 Å². The Morgan fingerprint density at radius 3 is 2.06 bits per heavy atom. The Hall–Kier alpha value is -1.03. The first-order valence-electron chi connectivity index (χ1n) is 5.24. The molecular formula is C14H13IO. The number of rotatable bonds is 4. The molecule has 0 aromatic heterocycles. The summed E-state index contributed by atoms with van der Waals surface area (Å²) in [6.07, 6.45) is 0. The van der Waals surface area contributed by atoms with E-state index in [0.717, 1.165) is 16.8 Å². The van der Waals surface area contributed by atoms with Crippen molar-refractivity contribution in [2.24, 2.45) is 0 Å². The zero-order valence-corrected chi connectivity index (χ0v) is 11.1. The lowest BCUT2D eigenvalue weighted by Gasteiger charge is -2.05. The van der Waals surface area contributed by atoms with Gasteiger partial charge in [-0.25, -0.2) is 0 Å². The molecule has 0 spiro atoms. The Kier molecular flexibility index (Phi) is 4.22. The third-order valence-corrected chi connectivity index (χ3v) is 2.75. The quantitative estimate of drug-likeness (QED) is 0.606. The largest absolute Gasteiger partial charge is 0.493 e. The molecule has 0 saturated heterocycles. The fourth-order valence-electron chi connectivity index (χ4n) is 1.53. The van der Waals surface area contributed by atoms with Gasteiger partial charge in [0.1, 0.15) is 5.75 Å². The van der Waals surface area contributed by atoms with Gasteiger partial charge in [-0.05, 0) is 23.3 Å². The Labute approximate surface area is 110 Å². The van der Waals surface area contributed by atoms with Gasteiger partial charge < -0.3 is 4.74 Å². The van der Waals surface area contributed by atoms with Gasteiger partial charge >= 0.3 is 0 Å². The van der Waals surface area contributed by atoms with E-state index in [0.29, 0.717) is 0 Å². The van der Waals surface area contributed by atoms with E-state index in [4.69, 9.17) is 4.74 Å². The van der Waals surface area contributed by atoms with E-state index in [1.807, 2.05) is 18.2 Å². The molecule has 82 valence electrons. The molecule has 0 amide bonds. The molecule has 0 bridgehead atoms. The van der Waals surface area contributed by atoms with Crippen molar-refractivity contribution in [3.05, 3.63) is 54.6 Å². The second kappa shape index (κ2) is 5.89. The van der Waals surface area contributed by atoms with E-state index in [1.54, 1.807) is 0 Å². The zero-order chi connectivity index (χ0) is 11.2. The predicted molar refractivity (Wildman–Crippen MR) is 76.3 cm³/mol. The van der Waals surface area contributed by atoms with Crippen LogP contribution in [0.1, 0.15) is 0 Å². The summed E-state index contributed by atoms with van der Waals surface area (Å²) >= 11 is 2.31. The van der Waals surface area contributed by atoms with Crippen LogP contribution in [0, 0.1) is 0 Å². The summed E-state index contributed by atoms with van der Waals surface area (Å²) in [5.41, 5.74) is 2.46. The molecule has 2 rings (SSSR count). The van der Waals surface area contributed by atoms with Crippen LogP contribution >= 0.6 is 22.6 Å². The van der Waals surface area contributed by atoms with E-state index in [-0.39, 0.29) is 0 Å². The third-order valence-electron chi connectivity index (χ3n) is 2.31. The molecule has 0 heterocycles. The summed E-state index contributed by atoms with van der Waals surface area (Å²) < 4.78 is 6.55. The second-order valence-corrected chi connectivity index (χ2v) is 4.51. The number of halogens is 1. The lowest BCUT2D eigenvalue weighted by molar-refractivity contribution is 0.346. The van der Waals surface area contributed by atoms with Gasteiger partial charge in [0, 0.05) is 4.43 Å². The SMILES string of the molecule is ICCOc1ccc(-c2ccccc2)cc1. The van der Waals surface area contributed by atoms with E-state index in [1.165, 1.54) is 11.1 Å². The summed E-state index contributed by atoms with van der Waals surface area (Å²) in [5.74, 6) is 0.941. The molecule has 0 aliphatic carbocycles. The van der Waals surface area contributed by atoms with Crippen molar-refractivity contribution in [1.82, 2.24) is 0 Å². The normalized spacial score (nSPS) is 10.1. The van der Waals surface area contributed by atoms with Gasteiger partial charge in [0.25, 0.3) is 0 Å². The average molecular weight is 324 g/mol. The standard InChI is InChI=1S/C14H13IO/c15-10-11-16-14-8-6-13(7-9-14)12-4-2-1-3-5-12/h1-9H,10-11H2. The number of hydrogen-bond acceptors (Lipinski definition) is 1. The topological polar surface area (TPSA) is 9.23 Å². The van der Waals surface area contributed by atoms with Crippen molar-refractivity contribution < 1.29 is 4.74 Å². The zero-order valence-electron chi connectivity index (χ0n) is 8.90. The molecule has 0 aliphatic heterocycles. The lowest BCUT2D eigenvalue weighted by atomic mass is 10.1. The Bertz CT molecular complexity index is 422. The summed E-state index contributed by atoms with van der Waals surface area (Å²) in [7, 11) is 0. The first-order chi connectivity index (χ1) is 7.90. The average Bonchev–Trinajstić information content (AvgIpc) is 2.38. The third kappa shape index (κ3) is 2.98. The monoisotopic (exact) mass is 324 g/mol. The van der Waals surface area contributed by atoms with Crippen LogP contribution in [0.5, 0.6) is 5.75 Å². The Morgan fingerprint density at radius 2 is 1.44 bits per heavy atom. The van der Waals surface area contributed by atoms with Gasteiger partial charge in [0.2, 0.25) is 0 Å². The maximum atomic E-state index is 5.54. The van der Waals surface area contributed by atoms with Crippen molar-refractivity contribution in [2.45, 2.75) is 0 Å². The maximum absolute atomic E-state index is 5.54. The number of benzene rings is 2.